The summed E-state index contributed by atoms with van der Waals surface area (Å²) < 4.78 is 0. The molecule has 0 bridgehead atoms. The predicted molar refractivity (Wildman–Crippen MR) is 89.5 cm³/mol. The molecule has 0 aliphatic rings. The molecule has 0 aliphatic heterocycles. The highest BCUT2D eigenvalue weighted by Crippen LogP contribution is 2.19. The van der Waals surface area contributed by atoms with Gasteiger partial charge in [0.25, 0.3) is 0 Å². The van der Waals surface area contributed by atoms with E-state index in [4.69, 9.17) is 5.73 Å². The van der Waals surface area contributed by atoms with Crippen LogP contribution in [0, 0.1) is 6.92 Å². The van der Waals surface area contributed by atoms with Gasteiger partial charge in [0, 0.05) is 22.8 Å². The second-order valence-electron chi connectivity index (χ2n) is 5.23. The Labute approximate surface area is 129 Å². The van der Waals surface area contributed by atoms with Crippen LogP contribution in [-0.2, 0) is 11.3 Å². The number of nitrogen functional groups attached to an aromatic ring is 1. The van der Waals surface area contributed by atoms with E-state index in [1.54, 1.807) is 17.4 Å². The first-order valence-corrected chi connectivity index (χ1v) is 7.75. The highest BCUT2D eigenvalue weighted by atomic mass is 32.1. The van der Waals surface area contributed by atoms with Crippen molar-refractivity contribution in [3.05, 3.63) is 46.2 Å². The molecule has 0 fully saturated rings. The smallest absolute Gasteiger partial charge is 0.241 e. The van der Waals surface area contributed by atoms with Crippen molar-refractivity contribution in [1.29, 1.82) is 0 Å². The summed E-state index contributed by atoms with van der Waals surface area (Å²) in [5, 5.41) is 5.01. The van der Waals surface area contributed by atoms with Crippen LogP contribution in [0.25, 0.3) is 0 Å². The largest absolute Gasteiger partial charge is 0.399 e. The van der Waals surface area contributed by atoms with E-state index in [1.807, 2.05) is 49.4 Å². The molecule has 1 unspecified atom stereocenters. The Morgan fingerprint density at radius 3 is 2.81 bits per heavy atom. The number of thiophene rings is 1. The number of hydrogen-bond acceptors (Lipinski definition) is 4. The van der Waals surface area contributed by atoms with Crippen LogP contribution in [0.15, 0.2) is 35.7 Å². The Hall–Kier alpha value is -1.85. The summed E-state index contributed by atoms with van der Waals surface area (Å²) in [5.74, 6) is -0.0121. The van der Waals surface area contributed by atoms with E-state index in [9.17, 15) is 4.79 Å². The summed E-state index contributed by atoms with van der Waals surface area (Å²) in [7, 11) is 1.96. The molecule has 0 radical (unpaired) electrons. The van der Waals surface area contributed by atoms with E-state index in [1.165, 1.54) is 4.88 Å². The van der Waals surface area contributed by atoms with Crippen LogP contribution >= 0.6 is 11.3 Å². The lowest BCUT2D eigenvalue weighted by Crippen LogP contribution is -2.39. The van der Waals surface area contributed by atoms with Gasteiger partial charge in [-0.25, -0.2) is 0 Å². The van der Waals surface area contributed by atoms with Crippen molar-refractivity contribution in [3.63, 3.8) is 0 Å². The molecule has 1 aromatic heterocycles. The maximum Gasteiger partial charge on any atom is 0.241 e. The van der Waals surface area contributed by atoms with Crippen molar-refractivity contribution in [1.82, 2.24) is 4.90 Å². The van der Waals surface area contributed by atoms with Gasteiger partial charge >= 0.3 is 0 Å². The number of likely N-dealkylation sites (N-methyl/N-ethyl adjacent to an activating group) is 1. The van der Waals surface area contributed by atoms with Gasteiger partial charge in [0.2, 0.25) is 5.91 Å². The molecule has 4 nitrogen and oxygen atoms in total. The zero-order valence-electron chi connectivity index (χ0n) is 12.6. The minimum absolute atomic E-state index is 0.0121. The lowest BCUT2D eigenvalue weighted by Gasteiger charge is -2.23. The molecule has 0 saturated heterocycles. The fraction of sp³-hybridized carbons (Fsp3) is 0.312. The second kappa shape index (κ2) is 6.74. The summed E-state index contributed by atoms with van der Waals surface area (Å²) in [6, 6.07) is 9.39. The van der Waals surface area contributed by atoms with Gasteiger partial charge in [-0.2, -0.15) is 0 Å². The molecule has 0 spiro atoms. The molecule has 3 N–H and O–H groups in total. The average Bonchev–Trinajstić information content (AvgIpc) is 2.93. The number of carbonyl (C=O) groups is 1. The Morgan fingerprint density at radius 2 is 2.19 bits per heavy atom. The number of hydrogen-bond donors (Lipinski definition) is 2. The fourth-order valence-corrected chi connectivity index (χ4v) is 2.82. The Morgan fingerprint density at radius 1 is 1.43 bits per heavy atom. The number of nitrogens with one attached hydrogen (secondary N) is 1. The topological polar surface area (TPSA) is 58.4 Å². The summed E-state index contributed by atoms with van der Waals surface area (Å²) in [6.45, 7) is 4.62. The van der Waals surface area contributed by atoms with Crippen molar-refractivity contribution >= 4 is 28.6 Å². The van der Waals surface area contributed by atoms with Crippen LogP contribution in [0.5, 0.6) is 0 Å². The van der Waals surface area contributed by atoms with Crippen LogP contribution in [0.2, 0.25) is 0 Å². The minimum atomic E-state index is -0.205. The van der Waals surface area contributed by atoms with Crippen molar-refractivity contribution in [2.24, 2.45) is 0 Å². The number of anilines is 2. The third-order valence-electron chi connectivity index (χ3n) is 3.53. The molecular formula is C16H21N3OS. The first-order valence-electron chi connectivity index (χ1n) is 6.87. The van der Waals surface area contributed by atoms with E-state index in [0.29, 0.717) is 5.69 Å². The van der Waals surface area contributed by atoms with E-state index < -0.39 is 0 Å². The van der Waals surface area contributed by atoms with Crippen molar-refractivity contribution < 1.29 is 4.79 Å². The Balaban J connectivity index is 1.98. The van der Waals surface area contributed by atoms with E-state index in [-0.39, 0.29) is 11.9 Å². The molecule has 1 aromatic carbocycles. The minimum Gasteiger partial charge on any atom is -0.399 e. The van der Waals surface area contributed by atoms with Crippen molar-refractivity contribution in [2.45, 2.75) is 26.4 Å². The molecule has 2 aromatic rings. The molecule has 0 aliphatic carbocycles. The van der Waals surface area contributed by atoms with Gasteiger partial charge in [0.1, 0.15) is 0 Å². The molecule has 0 saturated carbocycles. The molecule has 1 heterocycles. The molecule has 112 valence electrons. The van der Waals surface area contributed by atoms with Crippen LogP contribution in [0.4, 0.5) is 11.4 Å². The second-order valence-corrected chi connectivity index (χ2v) is 6.27. The quantitative estimate of drug-likeness (QED) is 0.835. The van der Waals surface area contributed by atoms with Crippen molar-refractivity contribution in [3.8, 4) is 0 Å². The third kappa shape index (κ3) is 4.06. The van der Waals surface area contributed by atoms with Gasteiger partial charge in [0.05, 0.1) is 6.04 Å². The summed E-state index contributed by atoms with van der Waals surface area (Å²) in [6.07, 6.45) is 0. The van der Waals surface area contributed by atoms with Crippen LogP contribution in [0.3, 0.4) is 0 Å². The van der Waals surface area contributed by atoms with Gasteiger partial charge < -0.3 is 11.1 Å². The van der Waals surface area contributed by atoms with Crippen LogP contribution in [0.1, 0.15) is 17.4 Å². The van der Waals surface area contributed by atoms with Gasteiger partial charge in [-0.05, 0) is 56.1 Å². The summed E-state index contributed by atoms with van der Waals surface area (Å²) in [4.78, 5) is 15.6. The number of benzene rings is 1. The van der Waals surface area contributed by atoms with Gasteiger partial charge in [-0.3, -0.25) is 9.69 Å². The molecule has 1 atom stereocenters. The maximum atomic E-state index is 12.3. The number of aryl methyl sites for hydroxylation is 1. The van der Waals surface area contributed by atoms with Crippen LogP contribution < -0.4 is 11.1 Å². The first-order chi connectivity index (χ1) is 9.97. The maximum absolute atomic E-state index is 12.3. The SMILES string of the molecule is Cc1cc(N)ccc1NC(=O)C(C)N(C)Cc1cccs1. The van der Waals surface area contributed by atoms with Gasteiger partial charge in [-0.1, -0.05) is 6.07 Å². The van der Waals surface area contributed by atoms with E-state index in [0.717, 1.165) is 17.8 Å². The fourth-order valence-electron chi connectivity index (χ4n) is 2.05. The summed E-state index contributed by atoms with van der Waals surface area (Å²) in [5.41, 5.74) is 8.20. The van der Waals surface area contributed by atoms with Crippen LogP contribution in [-0.4, -0.2) is 23.9 Å². The monoisotopic (exact) mass is 303 g/mol. The molecule has 21 heavy (non-hydrogen) atoms. The number of rotatable bonds is 5. The molecule has 5 heteroatoms. The summed E-state index contributed by atoms with van der Waals surface area (Å²) >= 11 is 1.70. The lowest BCUT2D eigenvalue weighted by molar-refractivity contribution is -0.120. The van der Waals surface area contributed by atoms with E-state index in [2.05, 4.69) is 11.4 Å². The zero-order chi connectivity index (χ0) is 15.4. The first kappa shape index (κ1) is 15.5. The average molecular weight is 303 g/mol. The number of carbonyl (C=O) groups excluding carboxylic acids is 1. The Bertz CT molecular complexity index is 610. The number of nitrogens with two attached hydrogens (primary N) is 1. The Kier molecular flexibility index (Phi) is 4.98. The van der Waals surface area contributed by atoms with Gasteiger partial charge in [0.15, 0.2) is 0 Å². The molecule has 2 rings (SSSR count). The zero-order valence-corrected chi connectivity index (χ0v) is 13.4. The highest BCUT2D eigenvalue weighted by molar-refractivity contribution is 7.09. The standard InChI is InChI=1S/C16H21N3OS/c1-11-9-13(17)6-7-15(11)18-16(20)12(2)19(3)10-14-5-4-8-21-14/h4-9,12H,10,17H2,1-3H3,(H,18,20). The predicted octanol–water partition coefficient (Wildman–Crippen LogP) is 3.10. The molecular weight excluding hydrogens is 282 g/mol. The lowest BCUT2D eigenvalue weighted by atomic mass is 10.1. The van der Waals surface area contributed by atoms with Crippen molar-refractivity contribution in [2.75, 3.05) is 18.1 Å². The van der Waals surface area contributed by atoms with E-state index >= 15 is 0 Å². The third-order valence-corrected chi connectivity index (χ3v) is 4.40. The highest BCUT2D eigenvalue weighted by Gasteiger charge is 2.19. The number of nitrogens with zero attached hydrogens (tertiary/aromatic N) is 1. The van der Waals surface area contributed by atoms with Gasteiger partial charge in [-0.15, -0.1) is 11.3 Å². The normalized spacial score (nSPS) is 12.4. The number of amides is 1. The molecule has 1 amide bonds.